The average Bonchev–Trinajstić information content (AvgIpc) is 2.12. The Hall–Kier alpha value is -1.50. The van der Waals surface area contributed by atoms with Crippen molar-refractivity contribution in [1.29, 1.82) is 5.26 Å². The highest BCUT2D eigenvalue weighted by atomic mass is 19.2. The van der Waals surface area contributed by atoms with Crippen LogP contribution < -0.4 is 0 Å². The van der Waals surface area contributed by atoms with Gasteiger partial charge in [-0.25, -0.2) is 13.2 Å². The fraction of sp³-hybridized carbons (Fsp3) is 0.364. The van der Waals surface area contributed by atoms with Gasteiger partial charge in [-0.1, -0.05) is 0 Å². The molecule has 78 valence electrons. The summed E-state index contributed by atoms with van der Waals surface area (Å²) in [6.45, 7) is 0. The first kappa shape index (κ1) is 10.0. The Kier molecular flexibility index (Phi) is 2.18. The Bertz CT molecular complexity index is 444. The van der Waals surface area contributed by atoms with Crippen LogP contribution in [0.25, 0.3) is 0 Å². The van der Waals surface area contributed by atoms with Gasteiger partial charge in [-0.15, -0.1) is 0 Å². The molecule has 4 heteroatoms. The summed E-state index contributed by atoms with van der Waals surface area (Å²) in [7, 11) is 0. The lowest BCUT2D eigenvalue weighted by Crippen LogP contribution is -2.33. The topological polar surface area (TPSA) is 23.8 Å². The molecule has 2 rings (SSSR count). The smallest absolute Gasteiger partial charge is 0.161 e. The van der Waals surface area contributed by atoms with E-state index in [-0.39, 0.29) is 5.56 Å². The number of nitriles is 1. The van der Waals surface area contributed by atoms with Gasteiger partial charge in [0.2, 0.25) is 0 Å². The molecule has 0 saturated heterocycles. The van der Waals surface area contributed by atoms with Crippen LogP contribution in [0.2, 0.25) is 0 Å². The van der Waals surface area contributed by atoms with E-state index in [1.165, 1.54) is 0 Å². The molecule has 0 unspecified atom stereocenters. The fourth-order valence-corrected chi connectivity index (χ4v) is 1.86. The molecule has 0 aliphatic heterocycles. The van der Waals surface area contributed by atoms with Crippen LogP contribution in [0, 0.1) is 28.8 Å². The second-order valence-corrected chi connectivity index (χ2v) is 3.79. The number of halogens is 3. The molecule has 1 fully saturated rings. The number of hydrogen-bond acceptors (Lipinski definition) is 1. The third kappa shape index (κ3) is 1.39. The highest BCUT2D eigenvalue weighted by Gasteiger charge is 2.41. The number of rotatable bonds is 1. The second-order valence-electron chi connectivity index (χ2n) is 3.79. The van der Waals surface area contributed by atoms with Crippen LogP contribution in [-0.4, -0.2) is 0 Å². The average molecular weight is 211 g/mol. The van der Waals surface area contributed by atoms with E-state index in [9.17, 15) is 13.2 Å². The first-order chi connectivity index (χ1) is 7.09. The Balaban J connectivity index is 2.54. The Labute approximate surface area is 85.1 Å². The first-order valence-electron chi connectivity index (χ1n) is 4.65. The summed E-state index contributed by atoms with van der Waals surface area (Å²) >= 11 is 0. The van der Waals surface area contributed by atoms with Crippen molar-refractivity contribution < 1.29 is 13.2 Å². The first-order valence-corrected chi connectivity index (χ1v) is 4.65. The molecule has 1 saturated carbocycles. The quantitative estimate of drug-likeness (QED) is 0.655. The van der Waals surface area contributed by atoms with Crippen LogP contribution >= 0.6 is 0 Å². The molecular weight excluding hydrogens is 203 g/mol. The lowest BCUT2D eigenvalue weighted by Gasteiger charge is -2.35. The largest absolute Gasteiger partial charge is 0.207 e. The van der Waals surface area contributed by atoms with E-state index >= 15 is 0 Å². The van der Waals surface area contributed by atoms with Crippen molar-refractivity contribution in [1.82, 2.24) is 0 Å². The maximum atomic E-state index is 13.4. The zero-order valence-corrected chi connectivity index (χ0v) is 7.86. The minimum atomic E-state index is -1.22. The Morgan fingerprint density at radius 3 is 2.13 bits per heavy atom. The summed E-state index contributed by atoms with van der Waals surface area (Å²) < 4.78 is 39.0. The molecule has 0 aromatic heterocycles. The van der Waals surface area contributed by atoms with E-state index < -0.39 is 22.9 Å². The van der Waals surface area contributed by atoms with Crippen molar-refractivity contribution in [2.24, 2.45) is 0 Å². The standard InChI is InChI=1S/C11H8F3N/c12-8-5-10(14)9(13)4-7(8)11(6-15)2-1-3-11/h4-5H,1-3H2. The maximum Gasteiger partial charge on any atom is 0.161 e. The molecule has 0 bridgehead atoms. The molecule has 0 heterocycles. The van der Waals surface area contributed by atoms with Crippen LogP contribution in [0.5, 0.6) is 0 Å². The molecule has 1 nitrogen and oxygen atoms in total. The summed E-state index contributed by atoms with van der Waals surface area (Å²) in [5, 5.41) is 8.94. The van der Waals surface area contributed by atoms with Crippen LogP contribution in [0.1, 0.15) is 24.8 Å². The summed E-state index contributed by atoms with van der Waals surface area (Å²) in [5.74, 6) is -3.16. The van der Waals surface area contributed by atoms with Crippen molar-refractivity contribution in [3.05, 3.63) is 35.1 Å². The number of nitrogens with zero attached hydrogens (tertiary/aromatic N) is 1. The molecule has 0 radical (unpaired) electrons. The van der Waals surface area contributed by atoms with Crippen LogP contribution in [-0.2, 0) is 5.41 Å². The van der Waals surface area contributed by atoms with Gasteiger partial charge in [0.05, 0.1) is 11.5 Å². The lowest BCUT2D eigenvalue weighted by atomic mass is 9.65. The molecular formula is C11H8F3N. The van der Waals surface area contributed by atoms with Gasteiger partial charge in [0.25, 0.3) is 0 Å². The van der Waals surface area contributed by atoms with E-state index in [2.05, 4.69) is 0 Å². The predicted molar refractivity (Wildman–Crippen MR) is 47.5 cm³/mol. The summed E-state index contributed by atoms with van der Waals surface area (Å²) in [6, 6.07) is 3.29. The highest BCUT2D eigenvalue weighted by Crippen LogP contribution is 2.44. The van der Waals surface area contributed by atoms with Gasteiger partial charge in [0.15, 0.2) is 11.6 Å². The third-order valence-corrected chi connectivity index (χ3v) is 2.95. The van der Waals surface area contributed by atoms with E-state index in [0.29, 0.717) is 18.9 Å². The second kappa shape index (κ2) is 3.27. The van der Waals surface area contributed by atoms with E-state index in [1.54, 1.807) is 0 Å². The highest BCUT2D eigenvalue weighted by molar-refractivity contribution is 5.36. The van der Waals surface area contributed by atoms with Crippen molar-refractivity contribution in [3.8, 4) is 6.07 Å². The van der Waals surface area contributed by atoms with Gasteiger partial charge in [-0.05, 0) is 25.3 Å². The monoisotopic (exact) mass is 211 g/mol. The van der Waals surface area contributed by atoms with Gasteiger partial charge in [-0.3, -0.25) is 0 Å². The van der Waals surface area contributed by atoms with Gasteiger partial charge in [0, 0.05) is 11.6 Å². The van der Waals surface area contributed by atoms with Gasteiger partial charge in [-0.2, -0.15) is 5.26 Å². The van der Waals surface area contributed by atoms with Crippen LogP contribution in [0.15, 0.2) is 12.1 Å². The van der Waals surface area contributed by atoms with Crippen molar-refractivity contribution in [3.63, 3.8) is 0 Å². The molecule has 1 aromatic carbocycles. The van der Waals surface area contributed by atoms with E-state index in [4.69, 9.17) is 5.26 Å². The molecule has 0 atom stereocenters. The van der Waals surface area contributed by atoms with Crippen molar-refractivity contribution in [2.75, 3.05) is 0 Å². The summed E-state index contributed by atoms with van der Waals surface area (Å²) in [6.07, 6.45) is 1.82. The Morgan fingerprint density at radius 2 is 1.67 bits per heavy atom. The van der Waals surface area contributed by atoms with Crippen LogP contribution in [0.3, 0.4) is 0 Å². The van der Waals surface area contributed by atoms with Gasteiger partial charge >= 0.3 is 0 Å². The Morgan fingerprint density at radius 1 is 1.07 bits per heavy atom. The van der Waals surface area contributed by atoms with E-state index in [1.807, 2.05) is 6.07 Å². The SMILES string of the molecule is N#CC1(c2cc(F)c(F)cc2F)CCC1. The molecule has 1 aromatic rings. The fourth-order valence-electron chi connectivity index (χ4n) is 1.86. The summed E-state index contributed by atoms with van der Waals surface area (Å²) in [4.78, 5) is 0. The predicted octanol–water partition coefficient (Wildman–Crippen LogP) is 3.05. The van der Waals surface area contributed by atoms with E-state index in [0.717, 1.165) is 12.5 Å². The summed E-state index contributed by atoms with van der Waals surface area (Å²) in [5.41, 5.74) is -0.964. The lowest BCUT2D eigenvalue weighted by molar-refractivity contribution is 0.310. The molecule has 1 aliphatic carbocycles. The minimum absolute atomic E-state index is 0.0184. The van der Waals surface area contributed by atoms with Crippen molar-refractivity contribution in [2.45, 2.75) is 24.7 Å². The zero-order chi connectivity index (χ0) is 11.1. The number of hydrogen-bond donors (Lipinski definition) is 0. The zero-order valence-electron chi connectivity index (χ0n) is 7.86. The van der Waals surface area contributed by atoms with Crippen LogP contribution in [0.4, 0.5) is 13.2 Å². The third-order valence-electron chi connectivity index (χ3n) is 2.95. The normalized spacial score (nSPS) is 18.0. The number of benzene rings is 1. The molecule has 0 spiro atoms. The molecule has 15 heavy (non-hydrogen) atoms. The molecule has 0 amide bonds. The maximum absolute atomic E-state index is 13.4. The molecule has 1 aliphatic rings. The van der Waals surface area contributed by atoms with Crippen molar-refractivity contribution >= 4 is 0 Å². The van der Waals surface area contributed by atoms with Gasteiger partial charge in [0.1, 0.15) is 5.82 Å². The van der Waals surface area contributed by atoms with Gasteiger partial charge < -0.3 is 0 Å². The minimum Gasteiger partial charge on any atom is -0.207 e. The molecule has 0 N–H and O–H groups in total.